The molecule has 0 bridgehead atoms. The minimum atomic E-state index is -0.749. The van der Waals surface area contributed by atoms with E-state index in [1.54, 1.807) is 11.3 Å². The number of H-pyrrole nitrogens is 1. The Hall–Kier alpha value is -1.62. The molecular weight excluding hydrogens is 224 g/mol. The molecule has 0 atom stereocenters. The first kappa shape index (κ1) is 10.9. The molecule has 2 N–H and O–H groups in total. The Morgan fingerprint density at radius 2 is 2.44 bits per heavy atom. The van der Waals surface area contributed by atoms with E-state index in [-0.39, 0.29) is 6.42 Å². The van der Waals surface area contributed by atoms with Crippen LogP contribution in [0.3, 0.4) is 0 Å². The molecule has 5 heteroatoms. The summed E-state index contributed by atoms with van der Waals surface area (Å²) < 4.78 is 0. The number of nitrogens with zero attached hydrogens (tertiary/aromatic N) is 1. The molecule has 0 spiro atoms. The van der Waals surface area contributed by atoms with Gasteiger partial charge in [0, 0.05) is 29.8 Å². The summed E-state index contributed by atoms with van der Waals surface area (Å²) in [5, 5.41) is 11.5. The Kier molecular flexibility index (Phi) is 3.36. The Labute approximate surface area is 97.0 Å². The number of aromatic nitrogens is 2. The van der Waals surface area contributed by atoms with E-state index in [4.69, 9.17) is 5.11 Å². The van der Waals surface area contributed by atoms with Crippen LogP contribution in [-0.4, -0.2) is 21.0 Å². The second-order valence-corrected chi connectivity index (χ2v) is 4.35. The maximum Gasteiger partial charge on any atom is 0.303 e. The molecule has 0 aliphatic carbocycles. The van der Waals surface area contributed by atoms with Gasteiger partial charge >= 0.3 is 5.97 Å². The number of aromatic amines is 1. The summed E-state index contributed by atoms with van der Waals surface area (Å²) in [6.07, 6.45) is 5.34. The fraction of sp³-hybridized carbons (Fsp3) is 0.273. The second kappa shape index (κ2) is 4.94. The monoisotopic (exact) mass is 236 g/mol. The minimum absolute atomic E-state index is 0.205. The van der Waals surface area contributed by atoms with Crippen molar-refractivity contribution in [1.82, 2.24) is 9.97 Å². The maximum absolute atomic E-state index is 10.4. The first-order chi connectivity index (χ1) is 7.75. The molecule has 0 amide bonds. The Balaban J connectivity index is 1.95. The predicted octanol–water partition coefficient (Wildman–Crippen LogP) is 2.55. The molecule has 2 aromatic heterocycles. The lowest BCUT2D eigenvalue weighted by Crippen LogP contribution is -1.95. The van der Waals surface area contributed by atoms with Crippen LogP contribution in [0.2, 0.25) is 0 Å². The summed E-state index contributed by atoms with van der Waals surface area (Å²) >= 11 is 1.59. The quantitative estimate of drug-likeness (QED) is 0.838. The van der Waals surface area contributed by atoms with Crippen LogP contribution in [0.1, 0.15) is 18.5 Å². The van der Waals surface area contributed by atoms with E-state index in [0.29, 0.717) is 6.42 Å². The van der Waals surface area contributed by atoms with Crippen molar-refractivity contribution < 1.29 is 9.90 Å². The molecule has 0 unspecified atom stereocenters. The number of aryl methyl sites for hydroxylation is 1. The highest BCUT2D eigenvalue weighted by Crippen LogP contribution is 2.23. The fourth-order valence-corrected chi connectivity index (χ4v) is 2.28. The average molecular weight is 236 g/mol. The fourth-order valence-electron chi connectivity index (χ4n) is 1.43. The Bertz CT molecular complexity index is 462. The van der Waals surface area contributed by atoms with Crippen LogP contribution in [0.4, 0.5) is 0 Å². The van der Waals surface area contributed by atoms with Crippen LogP contribution >= 0.6 is 11.3 Å². The van der Waals surface area contributed by atoms with Crippen molar-refractivity contribution in [3.63, 3.8) is 0 Å². The first-order valence-electron chi connectivity index (χ1n) is 5.05. The molecule has 2 rings (SSSR count). The van der Waals surface area contributed by atoms with Crippen molar-refractivity contribution in [2.24, 2.45) is 0 Å². The molecule has 0 radical (unpaired) electrons. The summed E-state index contributed by atoms with van der Waals surface area (Å²) in [6.45, 7) is 0. The van der Waals surface area contributed by atoms with Crippen molar-refractivity contribution >= 4 is 17.3 Å². The summed E-state index contributed by atoms with van der Waals surface area (Å²) in [6, 6.07) is 1.97. The first-order valence-corrected chi connectivity index (χ1v) is 5.93. The molecule has 2 aromatic rings. The van der Waals surface area contributed by atoms with Crippen molar-refractivity contribution in [3.05, 3.63) is 29.5 Å². The maximum atomic E-state index is 10.4. The lowest BCUT2D eigenvalue weighted by Gasteiger charge is -1.93. The van der Waals surface area contributed by atoms with Crippen molar-refractivity contribution in [1.29, 1.82) is 0 Å². The molecule has 0 aliphatic heterocycles. The average Bonchev–Trinajstić information content (AvgIpc) is 2.85. The summed E-state index contributed by atoms with van der Waals surface area (Å²) in [5.41, 5.74) is 2.05. The van der Waals surface area contributed by atoms with E-state index in [1.165, 1.54) is 0 Å². The third-order valence-corrected chi connectivity index (χ3v) is 3.16. The van der Waals surface area contributed by atoms with Gasteiger partial charge in [0.05, 0.1) is 5.69 Å². The van der Waals surface area contributed by atoms with Gasteiger partial charge in [-0.05, 0) is 18.9 Å². The van der Waals surface area contributed by atoms with Gasteiger partial charge < -0.3 is 10.1 Å². The van der Waals surface area contributed by atoms with Crippen LogP contribution < -0.4 is 0 Å². The number of rotatable bonds is 5. The van der Waals surface area contributed by atoms with Gasteiger partial charge in [0.1, 0.15) is 5.01 Å². The number of carboxylic acid groups (broad SMARTS) is 1. The Morgan fingerprint density at radius 3 is 3.12 bits per heavy atom. The third-order valence-electron chi connectivity index (χ3n) is 2.22. The molecule has 84 valence electrons. The second-order valence-electron chi connectivity index (χ2n) is 3.49. The Morgan fingerprint density at radius 1 is 1.56 bits per heavy atom. The van der Waals surface area contributed by atoms with E-state index in [9.17, 15) is 4.79 Å². The molecule has 2 heterocycles. The number of thiazole rings is 1. The molecule has 0 saturated carbocycles. The third kappa shape index (κ3) is 2.70. The van der Waals surface area contributed by atoms with Crippen LogP contribution in [0, 0.1) is 0 Å². The van der Waals surface area contributed by atoms with Gasteiger partial charge in [0.15, 0.2) is 0 Å². The zero-order valence-corrected chi connectivity index (χ0v) is 9.46. The summed E-state index contributed by atoms with van der Waals surface area (Å²) in [4.78, 5) is 17.8. The van der Waals surface area contributed by atoms with Gasteiger partial charge in [-0.1, -0.05) is 0 Å². The van der Waals surface area contributed by atoms with E-state index >= 15 is 0 Å². The number of aliphatic carboxylic acids is 1. The SMILES string of the molecule is O=C(O)CCCc1csc(-c2cc[nH]c2)n1. The van der Waals surface area contributed by atoms with Gasteiger partial charge in [0.2, 0.25) is 0 Å². The van der Waals surface area contributed by atoms with Crippen LogP contribution in [-0.2, 0) is 11.2 Å². The predicted molar refractivity (Wildman–Crippen MR) is 62.5 cm³/mol. The number of nitrogens with one attached hydrogen (secondary N) is 1. The van der Waals surface area contributed by atoms with Crippen LogP contribution in [0.5, 0.6) is 0 Å². The molecule has 4 nitrogen and oxygen atoms in total. The van der Waals surface area contributed by atoms with Gasteiger partial charge in [-0.15, -0.1) is 11.3 Å². The highest BCUT2D eigenvalue weighted by atomic mass is 32.1. The zero-order valence-electron chi connectivity index (χ0n) is 8.64. The number of carbonyl (C=O) groups is 1. The van der Waals surface area contributed by atoms with E-state index in [1.807, 2.05) is 23.8 Å². The molecule has 16 heavy (non-hydrogen) atoms. The van der Waals surface area contributed by atoms with Crippen LogP contribution in [0.25, 0.3) is 10.6 Å². The molecule has 0 aliphatic rings. The molecule has 0 aromatic carbocycles. The van der Waals surface area contributed by atoms with Gasteiger partial charge in [-0.3, -0.25) is 4.79 Å². The van der Waals surface area contributed by atoms with Crippen molar-refractivity contribution in [2.45, 2.75) is 19.3 Å². The summed E-state index contributed by atoms with van der Waals surface area (Å²) in [7, 11) is 0. The molecular formula is C11H12N2O2S. The van der Waals surface area contributed by atoms with Crippen LogP contribution in [0.15, 0.2) is 23.8 Å². The standard InChI is InChI=1S/C11H12N2O2S/c14-10(15)3-1-2-9-7-16-11(13-9)8-4-5-12-6-8/h4-7,12H,1-3H2,(H,14,15). The topological polar surface area (TPSA) is 66.0 Å². The molecule has 0 saturated heterocycles. The highest BCUT2D eigenvalue weighted by molar-refractivity contribution is 7.13. The lowest BCUT2D eigenvalue weighted by atomic mass is 10.2. The summed E-state index contributed by atoms with van der Waals surface area (Å²) in [5.74, 6) is -0.749. The highest BCUT2D eigenvalue weighted by Gasteiger charge is 2.05. The number of hydrogen-bond donors (Lipinski definition) is 2. The smallest absolute Gasteiger partial charge is 0.303 e. The lowest BCUT2D eigenvalue weighted by molar-refractivity contribution is -0.137. The van der Waals surface area contributed by atoms with Gasteiger partial charge in [-0.25, -0.2) is 4.98 Å². The van der Waals surface area contributed by atoms with Gasteiger partial charge in [-0.2, -0.15) is 0 Å². The van der Waals surface area contributed by atoms with Crippen molar-refractivity contribution in [3.8, 4) is 10.6 Å². The largest absolute Gasteiger partial charge is 0.481 e. The van der Waals surface area contributed by atoms with E-state index in [0.717, 1.165) is 22.7 Å². The van der Waals surface area contributed by atoms with Crippen molar-refractivity contribution in [2.75, 3.05) is 0 Å². The zero-order chi connectivity index (χ0) is 11.4. The van der Waals surface area contributed by atoms with Gasteiger partial charge in [0.25, 0.3) is 0 Å². The number of hydrogen-bond acceptors (Lipinski definition) is 3. The molecule has 0 fully saturated rings. The van der Waals surface area contributed by atoms with E-state index in [2.05, 4.69) is 9.97 Å². The minimum Gasteiger partial charge on any atom is -0.481 e. The van der Waals surface area contributed by atoms with E-state index < -0.39 is 5.97 Å². The normalized spacial score (nSPS) is 10.5. The number of carboxylic acids is 1.